The highest BCUT2D eigenvalue weighted by Gasteiger charge is 2.29. The summed E-state index contributed by atoms with van der Waals surface area (Å²) in [6.07, 6.45) is -0.370. The van der Waals surface area contributed by atoms with E-state index in [0.29, 0.717) is 19.6 Å². The first-order valence-corrected chi connectivity index (χ1v) is 4.92. The zero-order valence-corrected chi connectivity index (χ0v) is 9.10. The summed E-state index contributed by atoms with van der Waals surface area (Å²) in [4.78, 5) is 12.8. The quantitative estimate of drug-likeness (QED) is 0.575. The minimum atomic E-state index is -0.812. The molecule has 6 nitrogen and oxygen atoms in total. The molecule has 1 saturated heterocycles. The second-order valence-corrected chi connectivity index (χ2v) is 3.45. The van der Waals surface area contributed by atoms with Crippen LogP contribution >= 0.6 is 0 Å². The lowest BCUT2D eigenvalue weighted by Gasteiger charge is -2.34. The van der Waals surface area contributed by atoms with Crippen molar-refractivity contribution in [1.29, 1.82) is 0 Å². The first-order valence-electron chi connectivity index (χ1n) is 4.92. The van der Waals surface area contributed by atoms with Crippen LogP contribution in [0, 0.1) is 0 Å². The van der Waals surface area contributed by atoms with Crippen molar-refractivity contribution in [3.63, 3.8) is 0 Å². The van der Waals surface area contributed by atoms with Gasteiger partial charge in [-0.25, -0.2) is 0 Å². The lowest BCUT2D eigenvalue weighted by Crippen LogP contribution is -2.56. The van der Waals surface area contributed by atoms with E-state index in [1.54, 1.807) is 14.2 Å². The standard InChI is InChI=1S/C9H18N2O4/c1-14-8(15-2)6-11-4-3-10-5-7(11)9(12)13/h7-8,10H,3-6H2,1-2H3,(H,12,13). The fraction of sp³-hybridized carbons (Fsp3) is 0.889. The van der Waals surface area contributed by atoms with Crippen LogP contribution in [0.2, 0.25) is 0 Å². The van der Waals surface area contributed by atoms with Gasteiger partial charge in [0.15, 0.2) is 6.29 Å². The van der Waals surface area contributed by atoms with E-state index in [1.807, 2.05) is 4.90 Å². The Kier molecular flexibility index (Phi) is 4.97. The van der Waals surface area contributed by atoms with E-state index in [1.165, 1.54) is 0 Å². The Balaban J connectivity index is 2.52. The summed E-state index contributed by atoms with van der Waals surface area (Å²) in [7, 11) is 3.10. The van der Waals surface area contributed by atoms with Gasteiger partial charge in [0.25, 0.3) is 0 Å². The third-order valence-corrected chi connectivity index (χ3v) is 2.55. The molecule has 0 spiro atoms. The predicted molar refractivity (Wildman–Crippen MR) is 53.7 cm³/mol. The maximum atomic E-state index is 11.0. The minimum Gasteiger partial charge on any atom is -0.480 e. The zero-order valence-electron chi connectivity index (χ0n) is 9.10. The predicted octanol–water partition coefficient (Wildman–Crippen LogP) is -1.04. The summed E-state index contributed by atoms with van der Waals surface area (Å²) in [6, 6.07) is -0.494. The molecule has 0 saturated carbocycles. The molecule has 0 amide bonds. The van der Waals surface area contributed by atoms with Crippen LogP contribution in [0.25, 0.3) is 0 Å². The number of nitrogens with one attached hydrogen (secondary N) is 1. The zero-order chi connectivity index (χ0) is 11.3. The number of nitrogens with zero attached hydrogens (tertiary/aromatic N) is 1. The first kappa shape index (κ1) is 12.4. The number of carbonyl (C=O) groups is 1. The summed E-state index contributed by atoms with van der Waals surface area (Å²) < 4.78 is 10.1. The van der Waals surface area contributed by atoms with Crippen molar-refractivity contribution >= 4 is 5.97 Å². The minimum absolute atomic E-state index is 0.370. The van der Waals surface area contributed by atoms with Crippen LogP contribution in [0.5, 0.6) is 0 Å². The highest BCUT2D eigenvalue weighted by Crippen LogP contribution is 2.06. The molecule has 6 heteroatoms. The molecule has 1 aliphatic rings. The number of rotatable bonds is 5. The summed E-state index contributed by atoms with van der Waals surface area (Å²) in [5.41, 5.74) is 0. The Morgan fingerprint density at radius 2 is 2.27 bits per heavy atom. The van der Waals surface area contributed by atoms with Gasteiger partial charge in [0.1, 0.15) is 6.04 Å². The maximum absolute atomic E-state index is 11.0. The van der Waals surface area contributed by atoms with Crippen molar-refractivity contribution < 1.29 is 19.4 Å². The third kappa shape index (κ3) is 3.42. The molecule has 0 aromatic rings. The Morgan fingerprint density at radius 1 is 1.60 bits per heavy atom. The maximum Gasteiger partial charge on any atom is 0.322 e. The highest BCUT2D eigenvalue weighted by atomic mass is 16.7. The van der Waals surface area contributed by atoms with Gasteiger partial charge >= 0.3 is 5.97 Å². The number of hydrogen-bond acceptors (Lipinski definition) is 5. The molecule has 0 aliphatic carbocycles. The number of carboxylic acid groups (broad SMARTS) is 1. The summed E-state index contributed by atoms with van der Waals surface area (Å²) in [6.45, 7) is 2.44. The van der Waals surface area contributed by atoms with Gasteiger partial charge in [0, 0.05) is 33.9 Å². The van der Waals surface area contributed by atoms with Crippen LogP contribution < -0.4 is 5.32 Å². The summed E-state index contributed by atoms with van der Waals surface area (Å²) >= 11 is 0. The van der Waals surface area contributed by atoms with Crippen molar-refractivity contribution in [2.45, 2.75) is 12.3 Å². The average molecular weight is 218 g/mol. The molecule has 1 heterocycles. The second kappa shape index (κ2) is 6.02. The van der Waals surface area contributed by atoms with Gasteiger partial charge < -0.3 is 19.9 Å². The first-order chi connectivity index (χ1) is 7.19. The van der Waals surface area contributed by atoms with E-state index in [9.17, 15) is 4.79 Å². The Labute approximate surface area is 89.1 Å². The normalized spacial score (nSPS) is 23.3. The molecule has 0 aromatic heterocycles. The van der Waals surface area contributed by atoms with E-state index in [4.69, 9.17) is 14.6 Å². The summed E-state index contributed by atoms with van der Waals surface area (Å²) in [5, 5.41) is 12.1. The number of piperazine rings is 1. The Morgan fingerprint density at radius 3 is 2.80 bits per heavy atom. The van der Waals surface area contributed by atoms with Gasteiger partial charge in [0.05, 0.1) is 6.54 Å². The van der Waals surface area contributed by atoms with Gasteiger partial charge in [0.2, 0.25) is 0 Å². The number of ether oxygens (including phenoxy) is 2. The molecule has 0 aromatic carbocycles. The monoisotopic (exact) mass is 218 g/mol. The van der Waals surface area contributed by atoms with E-state index < -0.39 is 12.0 Å². The van der Waals surface area contributed by atoms with Gasteiger partial charge in [-0.15, -0.1) is 0 Å². The molecule has 0 radical (unpaired) electrons. The van der Waals surface area contributed by atoms with Crippen LogP contribution in [0.1, 0.15) is 0 Å². The van der Waals surface area contributed by atoms with Crippen LogP contribution in [-0.4, -0.2) is 68.7 Å². The van der Waals surface area contributed by atoms with E-state index >= 15 is 0 Å². The Hall–Kier alpha value is -0.690. The molecule has 1 fully saturated rings. The molecule has 1 unspecified atom stereocenters. The van der Waals surface area contributed by atoms with E-state index in [-0.39, 0.29) is 6.29 Å². The number of methoxy groups -OCH3 is 2. The topological polar surface area (TPSA) is 71.0 Å². The van der Waals surface area contributed by atoms with Gasteiger partial charge in [-0.1, -0.05) is 0 Å². The molecular weight excluding hydrogens is 200 g/mol. The van der Waals surface area contributed by atoms with Crippen molar-refractivity contribution in [2.24, 2.45) is 0 Å². The SMILES string of the molecule is COC(CN1CCNCC1C(=O)O)OC. The molecule has 2 N–H and O–H groups in total. The Bertz CT molecular complexity index is 208. The lowest BCUT2D eigenvalue weighted by molar-refractivity contribution is -0.150. The largest absolute Gasteiger partial charge is 0.480 e. The van der Waals surface area contributed by atoms with Crippen LogP contribution in [0.15, 0.2) is 0 Å². The highest BCUT2D eigenvalue weighted by molar-refractivity contribution is 5.73. The molecular formula is C9H18N2O4. The fourth-order valence-electron chi connectivity index (χ4n) is 1.65. The fourth-order valence-corrected chi connectivity index (χ4v) is 1.65. The van der Waals surface area contributed by atoms with E-state index in [0.717, 1.165) is 6.54 Å². The van der Waals surface area contributed by atoms with Crippen LogP contribution in [0.3, 0.4) is 0 Å². The van der Waals surface area contributed by atoms with Gasteiger partial charge in [-0.3, -0.25) is 9.69 Å². The van der Waals surface area contributed by atoms with Crippen molar-refractivity contribution in [3.8, 4) is 0 Å². The molecule has 15 heavy (non-hydrogen) atoms. The van der Waals surface area contributed by atoms with Crippen molar-refractivity contribution in [2.75, 3.05) is 40.4 Å². The van der Waals surface area contributed by atoms with Crippen LogP contribution in [0.4, 0.5) is 0 Å². The number of aliphatic carboxylic acids is 1. The second-order valence-electron chi connectivity index (χ2n) is 3.45. The average Bonchev–Trinajstić information content (AvgIpc) is 2.26. The van der Waals surface area contributed by atoms with Crippen LogP contribution in [-0.2, 0) is 14.3 Å². The third-order valence-electron chi connectivity index (χ3n) is 2.55. The molecule has 1 aliphatic heterocycles. The van der Waals surface area contributed by atoms with Crippen molar-refractivity contribution in [1.82, 2.24) is 10.2 Å². The number of carboxylic acids is 1. The lowest BCUT2D eigenvalue weighted by atomic mass is 10.2. The van der Waals surface area contributed by atoms with Crippen molar-refractivity contribution in [3.05, 3.63) is 0 Å². The van der Waals surface area contributed by atoms with Gasteiger partial charge in [-0.05, 0) is 0 Å². The molecule has 0 bridgehead atoms. The van der Waals surface area contributed by atoms with Gasteiger partial charge in [-0.2, -0.15) is 0 Å². The van der Waals surface area contributed by atoms with E-state index in [2.05, 4.69) is 5.32 Å². The smallest absolute Gasteiger partial charge is 0.322 e. The summed E-state index contributed by atoms with van der Waals surface area (Å²) in [5.74, 6) is -0.812. The molecule has 88 valence electrons. The number of hydrogen-bond donors (Lipinski definition) is 2. The molecule has 1 atom stereocenters. The molecule has 1 rings (SSSR count).